The molecule has 0 saturated carbocycles. The van der Waals surface area contributed by atoms with Gasteiger partial charge < -0.3 is 4.74 Å². The van der Waals surface area contributed by atoms with Crippen molar-refractivity contribution in [2.45, 2.75) is 37.2 Å². The summed E-state index contributed by atoms with van der Waals surface area (Å²) in [5.41, 5.74) is 2.11. The molecule has 0 aliphatic carbocycles. The van der Waals surface area contributed by atoms with Crippen LogP contribution in [0.1, 0.15) is 37.8 Å². The predicted octanol–water partition coefficient (Wildman–Crippen LogP) is 5.88. The number of sulfonamides is 1. The van der Waals surface area contributed by atoms with E-state index in [1.807, 2.05) is 75.4 Å². The van der Waals surface area contributed by atoms with E-state index in [2.05, 4.69) is 0 Å². The van der Waals surface area contributed by atoms with Crippen LogP contribution < -0.4 is 0 Å². The lowest BCUT2D eigenvalue weighted by molar-refractivity contribution is 0.0544. The van der Waals surface area contributed by atoms with Gasteiger partial charge in [0, 0.05) is 31.1 Å². The van der Waals surface area contributed by atoms with Crippen LogP contribution in [0.4, 0.5) is 4.79 Å². The van der Waals surface area contributed by atoms with Gasteiger partial charge >= 0.3 is 6.09 Å². The number of aromatic nitrogens is 1. The van der Waals surface area contributed by atoms with E-state index in [-0.39, 0.29) is 17.4 Å². The number of benzene rings is 3. The van der Waals surface area contributed by atoms with Gasteiger partial charge in [-0.3, -0.25) is 4.57 Å². The smallest absolute Gasteiger partial charge is 0.418 e. The fraction of sp³-hybridized carbons (Fsp3) is 0.250. The molecule has 0 aliphatic rings. The summed E-state index contributed by atoms with van der Waals surface area (Å²) in [5.74, 6) is -0.200. The first-order chi connectivity index (χ1) is 16.6. The second-order valence-electron chi connectivity index (χ2n) is 9.55. The topological polar surface area (TPSA) is 68.6 Å². The highest BCUT2D eigenvalue weighted by Crippen LogP contribution is 2.30. The minimum Gasteiger partial charge on any atom is -0.443 e. The van der Waals surface area contributed by atoms with E-state index < -0.39 is 21.7 Å². The lowest BCUT2D eigenvalue weighted by Gasteiger charge is -2.25. The van der Waals surface area contributed by atoms with Gasteiger partial charge in [-0.05, 0) is 62.2 Å². The van der Waals surface area contributed by atoms with Gasteiger partial charge in [0.1, 0.15) is 5.60 Å². The first kappa shape index (κ1) is 24.7. The molecular formula is C28H30N2O4S. The molecule has 1 aromatic heterocycles. The number of carbonyl (C=O) groups excluding carboxylic acids is 1. The molecule has 4 aromatic rings. The van der Waals surface area contributed by atoms with Crippen LogP contribution in [0.3, 0.4) is 0 Å². The maximum absolute atomic E-state index is 13.2. The predicted molar refractivity (Wildman–Crippen MR) is 138 cm³/mol. The summed E-state index contributed by atoms with van der Waals surface area (Å²) in [5, 5.41) is 0.878. The van der Waals surface area contributed by atoms with Crippen LogP contribution in [0, 0.1) is 0 Å². The summed E-state index contributed by atoms with van der Waals surface area (Å²) >= 11 is 0. The standard InChI is InChI=1S/C28H30N2O4S/c1-28(2,3)34-27(31)30-18-17-23-19-22(15-16-26(23)30)25(21-11-7-5-8-12-21)20-29(4)35(32,33)24-13-9-6-10-14-24/h5-19,25H,20H2,1-4H3/t25-/m0/s1. The third kappa shape index (κ3) is 5.47. The molecule has 1 atom stereocenters. The minimum atomic E-state index is -3.65. The molecule has 182 valence electrons. The molecule has 0 amide bonds. The van der Waals surface area contributed by atoms with Gasteiger partial charge in [-0.25, -0.2) is 13.2 Å². The maximum Gasteiger partial charge on any atom is 0.418 e. The van der Waals surface area contributed by atoms with Crippen LogP contribution >= 0.6 is 0 Å². The fourth-order valence-electron chi connectivity index (χ4n) is 4.06. The lowest BCUT2D eigenvalue weighted by atomic mass is 9.90. The summed E-state index contributed by atoms with van der Waals surface area (Å²) in [6, 6.07) is 26.0. The Hall–Kier alpha value is -3.42. The Bertz CT molecular complexity index is 1420. The molecule has 1 heterocycles. The average molecular weight is 491 g/mol. The normalized spacial score (nSPS) is 13.2. The Morgan fingerprint density at radius 2 is 1.54 bits per heavy atom. The Balaban J connectivity index is 1.70. The average Bonchev–Trinajstić information content (AvgIpc) is 3.26. The summed E-state index contributed by atoms with van der Waals surface area (Å²) < 4.78 is 34.8. The van der Waals surface area contributed by atoms with Crippen molar-refractivity contribution in [2.24, 2.45) is 0 Å². The Kier molecular flexibility index (Phi) is 6.83. The lowest BCUT2D eigenvalue weighted by Crippen LogP contribution is -2.31. The summed E-state index contributed by atoms with van der Waals surface area (Å²) in [6.45, 7) is 5.76. The molecule has 0 aliphatic heterocycles. The van der Waals surface area contributed by atoms with Crippen LogP contribution in [-0.4, -0.2) is 42.6 Å². The Morgan fingerprint density at radius 3 is 2.17 bits per heavy atom. The van der Waals surface area contributed by atoms with Crippen molar-refractivity contribution >= 4 is 27.0 Å². The van der Waals surface area contributed by atoms with Crippen LogP contribution in [0.5, 0.6) is 0 Å². The van der Waals surface area contributed by atoms with Crippen LogP contribution in [0.25, 0.3) is 10.9 Å². The number of likely N-dealkylation sites (N-methyl/N-ethyl adjacent to an activating group) is 1. The SMILES string of the molecule is CN(C[C@@H](c1ccccc1)c1ccc2c(ccn2C(=O)OC(C)(C)C)c1)S(=O)(=O)c1ccccc1. The summed E-state index contributed by atoms with van der Waals surface area (Å²) in [6.07, 6.45) is 1.26. The van der Waals surface area contributed by atoms with Gasteiger partial charge in [-0.2, -0.15) is 4.31 Å². The van der Waals surface area contributed by atoms with E-state index in [9.17, 15) is 13.2 Å². The van der Waals surface area contributed by atoms with Crippen LogP contribution in [0.15, 0.2) is 96.0 Å². The third-order valence-corrected chi connectivity index (χ3v) is 7.64. The zero-order chi connectivity index (χ0) is 25.2. The number of ether oxygens (including phenoxy) is 1. The molecule has 0 fully saturated rings. The van der Waals surface area contributed by atoms with Crippen LogP contribution in [0.2, 0.25) is 0 Å². The van der Waals surface area contributed by atoms with Crippen molar-refractivity contribution in [2.75, 3.05) is 13.6 Å². The highest BCUT2D eigenvalue weighted by Gasteiger charge is 2.26. The molecule has 7 heteroatoms. The molecule has 0 bridgehead atoms. The molecule has 0 radical (unpaired) electrons. The van der Waals surface area contributed by atoms with Gasteiger partial charge in [0.25, 0.3) is 0 Å². The van der Waals surface area contributed by atoms with E-state index in [4.69, 9.17) is 4.74 Å². The van der Waals surface area contributed by atoms with Gasteiger partial charge in [0.15, 0.2) is 0 Å². The fourth-order valence-corrected chi connectivity index (χ4v) is 5.27. The number of hydrogen-bond acceptors (Lipinski definition) is 4. The summed E-state index contributed by atoms with van der Waals surface area (Å²) in [4.78, 5) is 12.9. The molecule has 4 rings (SSSR count). The van der Waals surface area contributed by atoms with E-state index in [0.29, 0.717) is 0 Å². The van der Waals surface area contributed by atoms with Gasteiger partial charge in [-0.1, -0.05) is 54.6 Å². The second-order valence-corrected chi connectivity index (χ2v) is 11.6. The van der Waals surface area contributed by atoms with Gasteiger partial charge in [0.2, 0.25) is 10.0 Å². The highest BCUT2D eigenvalue weighted by molar-refractivity contribution is 7.89. The molecule has 0 unspecified atom stereocenters. The number of nitrogens with zero attached hydrogens (tertiary/aromatic N) is 2. The maximum atomic E-state index is 13.2. The van der Waals surface area contributed by atoms with Gasteiger partial charge in [-0.15, -0.1) is 0 Å². The van der Waals surface area contributed by atoms with Crippen molar-refractivity contribution in [1.29, 1.82) is 0 Å². The molecule has 3 aromatic carbocycles. The Morgan fingerprint density at radius 1 is 0.914 bits per heavy atom. The van der Waals surface area contributed by atoms with Crippen molar-refractivity contribution in [3.63, 3.8) is 0 Å². The zero-order valence-electron chi connectivity index (χ0n) is 20.4. The van der Waals surface area contributed by atoms with Crippen molar-refractivity contribution in [3.05, 3.63) is 102 Å². The van der Waals surface area contributed by atoms with E-state index in [0.717, 1.165) is 22.0 Å². The molecule has 35 heavy (non-hydrogen) atoms. The number of rotatable bonds is 6. The van der Waals surface area contributed by atoms with Crippen molar-refractivity contribution in [3.8, 4) is 0 Å². The summed E-state index contributed by atoms with van der Waals surface area (Å²) in [7, 11) is -2.04. The largest absolute Gasteiger partial charge is 0.443 e. The number of fused-ring (bicyclic) bond motifs is 1. The number of carbonyl (C=O) groups is 1. The molecule has 0 N–H and O–H groups in total. The first-order valence-corrected chi connectivity index (χ1v) is 12.9. The number of hydrogen-bond donors (Lipinski definition) is 0. The molecule has 0 saturated heterocycles. The van der Waals surface area contributed by atoms with Crippen LogP contribution in [-0.2, 0) is 14.8 Å². The van der Waals surface area contributed by atoms with E-state index >= 15 is 0 Å². The molecule has 6 nitrogen and oxygen atoms in total. The van der Waals surface area contributed by atoms with E-state index in [1.54, 1.807) is 43.6 Å². The van der Waals surface area contributed by atoms with Crippen molar-refractivity contribution in [1.82, 2.24) is 8.87 Å². The molecule has 0 spiro atoms. The monoisotopic (exact) mass is 490 g/mol. The minimum absolute atomic E-state index is 0.200. The zero-order valence-corrected chi connectivity index (χ0v) is 21.2. The van der Waals surface area contributed by atoms with E-state index in [1.165, 1.54) is 8.87 Å². The third-order valence-electron chi connectivity index (χ3n) is 5.80. The highest BCUT2D eigenvalue weighted by atomic mass is 32.2. The molecular weight excluding hydrogens is 460 g/mol. The second kappa shape index (κ2) is 9.68. The Labute approximate surface area is 206 Å². The van der Waals surface area contributed by atoms with Gasteiger partial charge in [0.05, 0.1) is 10.4 Å². The van der Waals surface area contributed by atoms with Crippen molar-refractivity contribution < 1.29 is 17.9 Å². The quantitative estimate of drug-likeness (QED) is 0.339. The first-order valence-electron chi connectivity index (χ1n) is 11.5.